The van der Waals surface area contributed by atoms with Crippen LogP contribution >= 0.6 is 0 Å². The number of phenols is 2. The lowest BCUT2D eigenvalue weighted by atomic mass is 10.0. The zero-order chi connectivity index (χ0) is 19.2. The van der Waals surface area contributed by atoms with E-state index in [1.165, 1.54) is 18.3 Å². The van der Waals surface area contributed by atoms with E-state index in [1.54, 1.807) is 12.1 Å². The summed E-state index contributed by atoms with van der Waals surface area (Å²) in [5, 5.41) is 26.9. The first kappa shape index (κ1) is 17.9. The van der Waals surface area contributed by atoms with Crippen LogP contribution in [0.4, 0.5) is 0 Å². The summed E-state index contributed by atoms with van der Waals surface area (Å²) < 4.78 is 0. The summed E-state index contributed by atoms with van der Waals surface area (Å²) in [5.74, 6) is -1.12. The van der Waals surface area contributed by atoms with Crippen molar-refractivity contribution in [3.63, 3.8) is 0 Å². The molecule has 0 aliphatic carbocycles. The predicted molar refractivity (Wildman–Crippen MR) is 102 cm³/mol. The van der Waals surface area contributed by atoms with E-state index >= 15 is 0 Å². The van der Waals surface area contributed by atoms with Gasteiger partial charge in [0.2, 0.25) is 0 Å². The number of rotatable bonds is 5. The SMILES string of the molecule is O=C(CNC(=O)c1cccc2ccccc12)N/N=C\c1ccc(O)cc1O. The molecule has 2 amide bonds. The van der Waals surface area contributed by atoms with E-state index in [2.05, 4.69) is 15.8 Å². The normalized spacial score (nSPS) is 10.8. The number of amides is 2. The summed E-state index contributed by atoms with van der Waals surface area (Å²) in [6, 6.07) is 16.9. The van der Waals surface area contributed by atoms with E-state index in [0.717, 1.165) is 16.8 Å². The molecule has 27 heavy (non-hydrogen) atoms. The number of aromatic hydroxyl groups is 2. The van der Waals surface area contributed by atoms with Gasteiger partial charge in [0.1, 0.15) is 11.5 Å². The van der Waals surface area contributed by atoms with Crippen molar-refractivity contribution in [1.29, 1.82) is 0 Å². The maximum absolute atomic E-state index is 12.3. The number of fused-ring (bicyclic) bond motifs is 1. The Labute approximate surface area is 155 Å². The lowest BCUT2D eigenvalue weighted by Crippen LogP contribution is -2.35. The van der Waals surface area contributed by atoms with Crippen molar-refractivity contribution in [3.05, 3.63) is 71.8 Å². The van der Waals surface area contributed by atoms with Crippen molar-refractivity contribution in [3.8, 4) is 11.5 Å². The van der Waals surface area contributed by atoms with E-state index in [0.29, 0.717) is 11.1 Å². The highest BCUT2D eigenvalue weighted by molar-refractivity contribution is 6.07. The molecule has 0 saturated carbocycles. The lowest BCUT2D eigenvalue weighted by Gasteiger charge is -2.07. The first-order valence-corrected chi connectivity index (χ1v) is 8.14. The Kier molecular flexibility index (Phi) is 5.32. The maximum atomic E-state index is 12.3. The molecule has 3 aromatic rings. The standard InChI is InChI=1S/C20H17N3O4/c24-15-9-8-14(18(25)10-15)11-22-23-19(26)12-21-20(27)17-7-3-5-13-4-1-2-6-16(13)17/h1-11,24-25H,12H2,(H,21,27)(H,23,26)/b22-11-. The second kappa shape index (κ2) is 8.01. The number of carbonyl (C=O) groups excluding carboxylic acids is 2. The number of nitrogens with zero attached hydrogens (tertiary/aromatic N) is 1. The molecule has 7 nitrogen and oxygen atoms in total. The Bertz CT molecular complexity index is 1030. The van der Waals surface area contributed by atoms with Crippen LogP contribution in [-0.2, 0) is 4.79 Å². The highest BCUT2D eigenvalue weighted by Crippen LogP contribution is 2.20. The van der Waals surface area contributed by atoms with Crippen molar-refractivity contribution in [2.45, 2.75) is 0 Å². The third-order valence-corrected chi connectivity index (χ3v) is 3.85. The van der Waals surface area contributed by atoms with Crippen LogP contribution in [0.3, 0.4) is 0 Å². The molecule has 0 saturated heterocycles. The van der Waals surface area contributed by atoms with Crippen LogP contribution in [0.2, 0.25) is 0 Å². The number of hydrazone groups is 1. The summed E-state index contributed by atoms with van der Waals surface area (Å²) in [4.78, 5) is 24.2. The van der Waals surface area contributed by atoms with Gasteiger partial charge in [0.15, 0.2) is 0 Å². The molecule has 7 heteroatoms. The molecule has 136 valence electrons. The van der Waals surface area contributed by atoms with Gasteiger partial charge in [-0.3, -0.25) is 9.59 Å². The van der Waals surface area contributed by atoms with Crippen LogP contribution in [0, 0.1) is 0 Å². The van der Waals surface area contributed by atoms with Gasteiger partial charge in [0.25, 0.3) is 11.8 Å². The molecule has 0 heterocycles. The van der Waals surface area contributed by atoms with E-state index in [-0.39, 0.29) is 24.0 Å². The molecular formula is C20H17N3O4. The summed E-state index contributed by atoms with van der Waals surface area (Å²) in [6.45, 7) is -0.249. The summed E-state index contributed by atoms with van der Waals surface area (Å²) in [5.41, 5.74) is 3.07. The van der Waals surface area contributed by atoms with Crippen molar-refractivity contribution in [1.82, 2.24) is 10.7 Å². The second-order valence-electron chi connectivity index (χ2n) is 5.75. The number of hydrogen-bond donors (Lipinski definition) is 4. The van der Waals surface area contributed by atoms with Gasteiger partial charge in [-0.25, -0.2) is 5.43 Å². The number of phenolic OH excluding ortho intramolecular Hbond substituents is 2. The monoisotopic (exact) mass is 363 g/mol. The molecule has 0 radical (unpaired) electrons. The van der Waals surface area contributed by atoms with Crippen LogP contribution in [-0.4, -0.2) is 34.8 Å². The minimum absolute atomic E-state index is 0.0789. The minimum Gasteiger partial charge on any atom is -0.508 e. The highest BCUT2D eigenvalue weighted by atomic mass is 16.3. The number of hydrogen-bond acceptors (Lipinski definition) is 5. The van der Waals surface area contributed by atoms with Crippen molar-refractivity contribution >= 4 is 28.8 Å². The maximum Gasteiger partial charge on any atom is 0.259 e. The minimum atomic E-state index is -0.516. The van der Waals surface area contributed by atoms with E-state index < -0.39 is 5.91 Å². The molecule has 3 rings (SSSR count). The van der Waals surface area contributed by atoms with Gasteiger partial charge in [0.05, 0.1) is 12.8 Å². The molecule has 0 fully saturated rings. The van der Waals surface area contributed by atoms with Gasteiger partial charge in [-0.05, 0) is 29.0 Å². The van der Waals surface area contributed by atoms with E-state index in [9.17, 15) is 19.8 Å². The quantitative estimate of drug-likeness (QED) is 0.411. The Hall–Kier alpha value is -3.87. The number of carbonyl (C=O) groups is 2. The first-order chi connectivity index (χ1) is 13.0. The third kappa shape index (κ3) is 4.40. The Morgan fingerprint density at radius 3 is 2.59 bits per heavy atom. The summed E-state index contributed by atoms with van der Waals surface area (Å²) in [6.07, 6.45) is 1.24. The fraction of sp³-hybridized carbons (Fsp3) is 0.0500. The highest BCUT2D eigenvalue weighted by Gasteiger charge is 2.10. The molecule has 0 atom stereocenters. The average Bonchev–Trinajstić information content (AvgIpc) is 2.67. The number of nitrogens with one attached hydrogen (secondary N) is 2. The molecule has 0 unspecified atom stereocenters. The van der Waals surface area contributed by atoms with Crippen LogP contribution < -0.4 is 10.7 Å². The fourth-order valence-electron chi connectivity index (χ4n) is 2.53. The zero-order valence-electron chi connectivity index (χ0n) is 14.2. The van der Waals surface area contributed by atoms with E-state index in [4.69, 9.17) is 0 Å². The lowest BCUT2D eigenvalue weighted by molar-refractivity contribution is -0.120. The van der Waals surface area contributed by atoms with E-state index in [1.807, 2.05) is 30.3 Å². The molecule has 0 aliphatic heterocycles. The predicted octanol–water partition coefficient (Wildman–Crippen LogP) is 2.13. The summed E-state index contributed by atoms with van der Waals surface area (Å²) in [7, 11) is 0. The fourth-order valence-corrected chi connectivity index (χ4v) is 2.53. The largest absolute Gasteiger partial charge is 0.508 e. The van der Waals surface area contributed by atoms with Crippen molar-refractivity contribution in [2.75, 3.05) is 6.54 Å². The molecular weight excluding hydrogens is 346 g/mol. The topological polar surface area (TPSA) is 111 Å². The van der Waals surface area contributed by atoms with Gasteiger partial charge in [-0.2, -0.15) is 5.10 Å². The van der Waals surface area contributed by atoms with Crippen molar-refractivity contribution in [2.24, 2.45) is 5.10 Å². The van der Waals surface area contributed by atoms with Crippen molar-refractivity contribution < 1.29 is 19.8 Å². The molecule has 3 aromatic carbocycles. The molecule has 0 aromatic heterocycles. The third-order valence-electron chi connectivity index (χ3n) is 3.85. The Balaban J connectivity index is 1.57. The van der Waals surface area contributed by atoms with Gasteiger partial charge < -0.3 is 15.5 Å². The van der Waals surface area contributed by atoms with Crippen LogP contribution in [0.15, 0.2) is 65.8 Å². The van der Waals surface area contributed by atoms with Gasteiger partial charge >= 0.3 is 0 Å². The molecule has 0 aliphatic rings. The summed E-state index contributed by atoms with van der Waals surface area (Å²) >= 11 is 0. The van der Waals surface area contributed by atoms with Gasteiger partial charge in [-0.1, -0.05) is 36.4 Å². The average molecular weight is 363 g/mol. The number of benzene rings is 3. The van der Waals surface area contributed by atoms with Gasteiger partial charge in [-0.15, -0.1) is 0 Å². The molecule has 4 N–H and O–H groups in total. The Morgan fingerprint density at radius 2 is 1.78 bits per heavy atom. The zero-order valence-corrected chi connectivity index (χ0v) is 14.2. The van der Waals surface area contributed by atoms with Gasteiger partial charge in [0, 0.05) is 17.2 Å². The smallest absolute Gasteiger partial charge is 0.259 e. The first-order valence-electron chi connectivity index (χ1n) is 8.14. The van der Waals surface area contributed by atoms with Crippen LogP contribution in [0.1, 0.15) is 15.9 Å². The molecule has 0 spiro atoms. The van der Waals surface area contributed by atoms with Crippen LogP contribution in [0.25, 0.3) is 10.8 Å². The van der Waals surface area contributed by atoms with Crippen LogP contribution in [0.5, 0.6) is 11.5 Å². The molecule has 0 bridgehead atoms. The second-order valence-corrected chi connectivity index (χ2v) is 5.75. The Morgan fingerprint density at radius 1 is 1.00 bits per heavy atom.